The number of nitrogens with zero attached hydrogens (tertiary/aromatic N) is 4. The van der Waals surface area contributed by atoms with Crippen molar-refractivity contribution in [3.05, 3.63) is 69.8 Å². The summed E-state index contributed by atoms with van der Waals surface area (Å²) < 4.78 is 0. The first-order valence-corrected chi connectivity index (χ1v) is 7.51. The highest BCUT2D eigenvalue weighted by Gasteiger charge is 2.09. The Kier molecular flexibility index (Phi) is 4.34. The number of nitro groups is 1. The van der Waals surface area contributed by atoms with Crippen molar-refractivity contribution in [3.63, 3.8) is 0 Å². The zero-order valence-electron chi connectivity index (χ0n) is 11.8. The number of pyridine rings is 1. The largest absolute Gasteiger partial charge is 0.270 e. The van der Waals surface area contributed by atoms with E-state index in [-0.39, 0.29) is 5.69 Å². The van der Waals surface area contributed by atoms with Gasteiger partial charge in [-0.25, -0.2) is 4.98 Å². The molecule has 0 atom stereocenters. The Hall–Kier alpha value is -3.13. The van der Waals surface area contributed by atoms with Crippen LogP contribution in [0.4, 0.5) is 10.8 Å². The van der Waals surface area contributed by atoms with Crippen molar-refractivity contribution in [2.24, 2.45) is 5.10 Å². The molecule has 0 radical (unpaired) electrons. The summed E-state index contributed by atoms with van der Waals surface area (Å²) in [7, 11) is 0. The van der Waals surface area contributed by atoms with Crippen LogP contribution in [0, 0.1) is 10.1 Å². The van der Waals surface area contributed by atoms with Crippen molar-refractivity contribution in [1.82, 2.24) is 9.97 Å². The minimum Gasteiger partial charge on any atom is -0.258 e. The number of nitrogens with one attached hydrogen (secondary N) is 1. The fourth-order valence-corrected chi connectivity index (χ4v) is 2.51. The molecule has 0 unspecified atom stereocenters. The number of hydrogen-bond acceptors (Lipinski definition) is 7. The molecule has 1 N–H and O–H groups in total. The van der Waals surface area contributed by atoms with Gasteiger partial charge in [0.15, 0.2) is 0 Å². The van der Waals surface area contributed by atoms with Gasteiger partial charge in [-0.2, -0.15) is 5.10 Å². The van der Waals surface area contributed by atoms with E-state index in [1.807, 2.05) is 23.6 Å². The first-order chi connectivity index (χ1) is 11.2. The minimum absolute atomic E-state index is 0.0400. The maximum absolute atomic E-state index is 10.8. The molecule has 0 aliphatic rings. The van der Waals surface area contributed by atoms with Gasteiger partial charge in [-0.15, -0.1) is 11.3 Å². The quantitative estimate of drug-likeness (QED) is 0.440. The monoisotopic (exact) mass is 325 g/mol. The molecule has 0 saturated heterocycles. The number of non-ortho nitro benzene ring substituents is 1. The van der Waals surface area contributed by atoms with Gasteiger partial charge >= 0.3 is 0 Å². The lowest BCUT2D eigenvalue weighted by Gasteiger charge is -1.97. The standard InChI is InChI=1S/C15H11N5O2S/c21-20(22)13-6-3-4-11(8-13)14-10-23-15(18-14)19-17-9-12-5-1-2-7-16-12/h1-10H,(H,18,19)/b17-9+. The van der Waals surface area contributed by atoms with Gasteiger partial charge in [-0.3, -0.25) is 20.5 Å². The van der Waals surface area contributed by atoms with Crippen LogP contribution in [0.2, 0.25) is 0 Å². The molecule has 0 spiro atoms. The van der Waals surface area contributed by atoms with Gasteiger partial charge in [0.25, 0.3) is 5.69 Å². The molecular formula is C15H11N5O2S. The summed E-state index contributed by atoms with van der Waals surface area (Å²) >= 11 is 1.37. The lowest BCUT2D eigenvalue weighted by atomic mass is 10.1. The van der Waals surface area contributed by atoms with Gasteiger partial charge < -0.3 is 0 Å². The molecular weight excluding hydrogens is 314 g/mol. The highest BCUT2D eigenvalue weighted by Crippen LogP contribution is 2.27. The van der Waals surface area contributed by atoms with Crippen LogP contribution in [0.3, 0.4) is 0 Å². The third kappa shape index (κ3) is 3.74. The third-order valence-electron chi connectivity index (χ3n) is 2.90. The van der Waals surface area contributed by atoms with Gasteiger partial charge in [-0.1, -0.05) is 18.2 Å². The third-order valence-corrected chi connectivity index (χ3v) is 3.65. The van der Waals surface area contributed by atoms with Gasteiger partial charge in [0.05, 0.1) is 22.5 Å². The van der Waals surface area contributed by atoms with Crippen LogP contribution >= 0.6 is 11.3 Å². The predicted octanol–water partition coefficient (Wildman–Crippen LogP) is 3.56. The van der Waals surface area contributed by atoms with E-state index >= 15 is 0 Å². The van der Waals surface area contributed by atoms with E-state index in [4.69, 9.17) is 0 Å². The van der Waals surface area contributed by atoms with Crippen LogP contribution < -0.4 is 5.43 Å². The van der Waals surface area contributed by atoms with Crippen LogP contribution in [0.25, 0.3) is 11.3 Å². The normalized spacial score (nSPS) is 10.8. The topological polar surface area (TPSA) is 93.3 Å². The van der Waals surface area contributed by atoms with E-state index in [1.165, 1.54) is 23.5 Å². The molecule has 0 fully saturated rings. The minimum atomic E-state index is -0.424. The molecule has 2 aromatic heterocycles. The van der Waals surface area contributed by atoms with Crippen LogP contribution in [0.15, 0.2) is 59.1 Å². The second-order valence-electron chi connectivity index (χ2n) is 4.47. The van der Waals surface area contributed by atoms with Crippen molar-refractivity contribution in [1.29, 1.82) is 0 Å². The number of rotatable bonds is 5. The van der Waals surface area contributed by atoms with E-state index in [2.05, 4.69) is 20.5 Å². The van der Waals surface area contributed by atoms with E-state index in [9.17, 15) is 10.1 Å². The van der Waals surface area contributed by atoms with E-state index in [0.29, 0.717) is 16.4 Å². The second-order valence-corrected chi connectivity index (χ2v) is 5.33. The SMILES string of the molecule is O=[N+]([O-])c1cccc(-c2csc(N/N=C/c3ccccn3)n2)c1. The highest BCUT2D eigenvalue weighted by molar-refractivity contribution is 7.14. The number of aromatic nitrogens is 2. The summed E-state index contributed by atoms with van der Waals surface area (Å²) in [5.41, 5.74) is 4.95. The summed E-state index contributed by atoms with van der Waals surface area (Å²) in [6, 6.07) is 11.9. The summed E-state index contributed by atoms with van der Waals surface area (Å²) in [6.45, 7) is 0. The number of nitro benzene ring substituents is 1. The molecule has 0 amide bonds. The summed E-state index contributed by atoms with van der Waals surface area (Å²) in [5.74, 6) is 0. The van der Waals surface area contributed by atoms with Gasteiger partial charge in [-0.05, 0) is 12.1 Å². The molecule has 0 aliphatic carbocycles. The van der Waals surface area contributed by atoms with Crippen LogP contribution in [-0.2, 0) is 0 Å². The van der Waals surface area contributed by atoms with Crippen molar-refractivity contribution in [3.8, 4) is 11.3 Å². The molecule has 0 aliphatic heterocycles. The first kappa shape index (κ1) is 14.8. The molecule has 114 valence electrons. The fourth-order valence-electron chi connectivity index (χ4n) is 1.84. The molecule has 0 saturated carbocycles. The van der Waals surface area contributed by atoms with Crippen molar-refractivity contribution in [2.75, 3.05) is 5.43 Å². The van der Waals surface area contributed by atoms with Gasteiger partial charge in [0.1, 0.15) is 0 Å². The summed E-state index contributed by atoms with van der Waals surface area (Å²) in [6.07, 6.45) is 3.28. The number of thiazole rings is 1. The Balaban J connectivity index is 1.72. The summed E-state index contributed by atoms with van der Waals surface area (Å²) in [5, 5.41) is 17.3. The lowest BCUT2D eigenvalue weighted by Crippen LogP contribution is -1.92. The van der Waals surface area contributed by atoms with Crippen molar-refractivity contribution >= 4 is 28.4 Å². The maximum Gasteiger partial charge on any atom is 0.270 e. The zero-order valence-corrected chi connectivity index (χ0v) is 12.6. The van der Waals surface area contributed by atoms with E-state index < -0.39 is 4.92 Å². The molecule has 2 heterocycles. The summed E-state index contributed by atoms with van der Waals surface area (Å²) in [4.78, 5) is 18.9. The van der Waals surface area contributed by atoms with Crippen molar-refractivity contribution < 1.29 is 4.92 Å². The van der Waals surface area contributed by atoms with Crippen LogP contribution in [0.1, 0.15) is 5.69 Å². The molecule has 7 nitrogen and oxygen atoms in total. The Morgan fingerprint density at radius 1 is 1.26 bits per heavy atom. The van der Waals surface area contributed by atoms with E-state index in [0.717, 1.165) is 5.69 Å². The zero-order chi connectivity index (χ0) is 16.1. The Morgan fingerprint density at radius 3 is 2.96 bits per heavy atom. The second kappa shape index (κ2) is 6.75. The first-order valence-electron chi connectivity index (χ1n) is 6.63. The molecule has 23 heavy (non-hydrogen) atoms. The fraction of sp³-hybridized carbons (Fsp3) is 0. The Labute approximate surface area is 135 Å². The highest BCUT2D eigenvalue weighted by atomic mass is 32.1. The van der Waals surface area contributed by atoms with Gasteiger partial charge in [0, 0.05) is 29.3 Å². The van der Waals surface area contributed by atoms with Crippen LogP contribution in [-0.4, -0.2) is 21.1 Å². The molecule has 1 aromatic carbocycles. The van der Waals surface area contributed by atoms with Gasteiger partial charge in [0.2, 0.25) is 5.13 Å². The molecule has 8 heteroatoms. The average Bonchev–Trinajstić information content (AvgIpc) is 3.05. The number of hydrogen-bond donors (Lipinski definition) is 1. The smallest absolute Gasteiger partial charge is 0.258 e. The average molecular weight is 325 g/mol. The van der Waals surface area contributed by atoms with Crippen molar-refractivity contribution in [2.45, 2.75) is 0 Å². The number of anilines is 1. The predicted molar refractivity (Wildman–Crippen MR) is 89.7 cm³/mol. The maximum atomic E-state index is 10.8. The van der Waals surface area contributed by atoms with Crippen LogP contribution in [0.5, 0.6) is 0 Å². The number of benzene rings is 1. The molecule has 3 rings (SSSR count). The molecule has 0 bridgehead atoms. The molecule has 3 aromatic rings. The Morgan fingerprint density at radius 2 is 2.17 bits per heavy atom. The lowest BCUT2D eigenvalue weighted by molar-refractivity contribution is -0.384. The Bertz CT molecular complexity index is 848. The van der Waals surface area contributed by atoms with E-state index in [1.54, 1.807) is 24.5 Å². The number of hydrazone groups is 1.